The second-order valence-electron chi connectivity index (χ2n) is 4.68. The van der Waals surface area contributed by atoms with Crippen LogP contribution in [-0.2, 0) is 14.4 Å². The molecule has 21 heavy (non-hydrogen) atoms. The minimum absolute atomic E-state index is 0.0715. The van der Waals surface area contributed by atoms with Gasteiger partial charge in [0.15, 0.2) is 0 Å². The Morgan fingerprint density at radius 1 is 1.05 bits per heavy atom. The van der Waals surface area contributed by atoms with E-state index in [-0.39, 0.29) is 5.91 Å². The number of aliphatic carboxylic acids is 2. The Hall–Kier alpha value is -2.07. The van der Waals surface area contributed by atoms with E-state index >= 15 is 0 Å². The third-order valence-electron chi connectivity index (χ3n) is 2.91. The van der Waals surface area contributed by atoms with E-state index in [4.69, 9.17) is 19.8 Å². The Bertz CT molecular complexity index is 407. The predicted molar refractivity (Wildman–Crippen MR) is 76.6 cm³/mol. The van der Waals surface area contributed by atoms with Gasteiger partial charge in [-0.15, -0.1) is 0 Å². The summed E-state index contributed by atoms with van der Waals surface area (Å²) in [6.07, 6.45) is 3.96. The van der Waals surface area contributed by atoms with E-state index in [0.717, 1.165) is 6.54 Å². The summed E-state index contributed by atoms with van der Waals surface area (Å²) in [7, 11) is 1.78. The van der Waals surface area contributed by atoms with Crippen LogP contribution in [0.5, 0.6) is 0 Å². The Morgan fingerprint density at radius 3 is 2.00 bits per heavy atom. The lowest BCUT2D eigenvalue weighted by Crippen LogP contribution is -2.30. The third-order valence-corrected chi connectivity index (χ3v) is 2.91. The maximum absolute atomic E-state index is 10.9. The number of carboxylic acid groups (broad SMARTS) is 2. The van der Waals surface area contributed by atoms with Gasteiger partial charge in [-0.3, -0.25) is 9.69 Å². The van der Waals surface area contributed by atoms with Crippen LogP contribution in [0, 0.1) is 11.8 Å². The smallest absolute Gasteiger partial charge is 0.414 e. The van der Waals surface area contributed by atoms with Gasteiger partial charge in [-0.05, 0) is 25.9 Å². The average molecular weight is 298 g/mol. The first-order chi connectivity index (χ1) is 9.84. The lowest BCUT2D eigenvalue weighted by Gasteiger charge is -2.23. The van der Waals surface area contributed by atoms with Gasteiger partial charge in [-0.2, -0.15) is 0 Å². The molecule has 2 N–H and O–H groups in total. The standard InChI is InChI=1S/C12H20N2O.C2H2O4/c1-12(15)13(2)8-6-7-11-14-9-4-3-5-10-14;3-1(4)2(5)6/h3-5,8-11H2,1-2H3;(H,3,4)(H,5,6). The van der Waals surface area contributed by atoms with Crippen LogP contribution in [0.15, 0.2) is 0 Å². The van der Waals surface area contributed by atoms with E-state index < -0.39 is 11.9 Å². The Balaban J connectivity index is 0.000000567. The molecule has 1 fully saturated rings. The van der Waals surface area contributed by atoms with Crippen molar-refractivity contribution in [3.8, 4) is 11.8 Å². The molecule has 0 spiro atoms. The zero-order chi connectivity index (χ0) is 16.3. The van der Waals surface area contributed by atoms with Crippen LogP contribution in [0.4, 0.5) is 0 Å². The molecule has 0 radical (unpaired) electrons. The van der Waals surface area contributed by atoms with Gasteiger partial charge in [0, 0.05) is 14.0 Å². The molecular formula is C14H22N2O5. The van der Waals surface area contributed by atoms with Gasteiger partial charge in [0.2, 0.25) is 5.91 Å². The number of nitrogens with zero attached hydrogens (tertiary/aromatic N) is 2. The van der Waals surface area contributed by atoms with Crippen LogP contribution in [0.25, 0.3) is 0 Å². The van der Waals surface area contributed by atoms with Crippen LogP contribution in [0.2, 0.25) is 0 Å². The highest BCUT2D eigenvalue weighted by Crippen LogP contribution is 2.06. The molecule has 0 saturated carbocycles. The number of hydrogen-bond donors (Lipinski definition) is 2. The van der Waals surface area contributed by atoms with Gasteiger partial charge in [0.05, 0.1) is 13.1 Å². The van der Waals surface area contributed by atoms with Crippen molar-refractivity contribution in [1.82, 2.24) is 9.80 Å². The van der Waals surface area contributed by atoms with E-state index in [1.165, 1.54) is 32.4 Å². The van der Waals surface area contributed by atoms with Crippen LogP contribution in [-0.4, -0.2) is 71.1 Å². The monoisotopic (exact) mass is 298 g/mol. The summed E-state index contributed by atoms with van der Waals surface area (Å²) >= 11 is 0. The highest BCUT2D eigenvalue weighted by atomic mass is 16.4. The zero-order valence-electron chi connectivity index (χ0n) is 12.5. The largest absolute Gasteiger partial charge is 0.473 e. The van der Waals surface area contributed by atoms with Gasteiger partial charge in [0.25, 0.3) is 0 Å². The first-order valence-corrected chi connectivity index (χ1v) is 6.70. The minimum atomic E-state index is -1.82. The van der Waals surface area contributed by atoms with E-state index in [2.05, 4.69) is 16.7 Å². The Kier molecular flexibility index (Phi) is 9.63. The molecule has 1 aliphatic heterocycles. The van der Waals surface area contributed by atoms with Gasteiger partial charge in [0.1, 0.15) is 0 Å². The lowest BCUT2D eigenvalue weighted by molar-refractivity contribution is -0.159. The lowest BCUT2D eigenvalue weighted by atomic mass is 10.1. The molecular weight excluding hydrogens is 276 g/mol. The molecule has 0 aromatic carbocycles. The molecule has 1 heterocycles. The highest BCUT2D eigenvalue weighted by molar-refractivity contribution is 6.27. The number of carbonyl (C=O) groups excluding carboxylic acids is 1. The Labute approximate surface area is 124 Å². The summed E-state index contributed by atoms with van der Waals surface area (Å²) in [6, 6.07) is 0. The molecule has 1 saturated heterocycles. The summed E-state index contributed by atoms with van der Waals surface area (Å²) in [5.41, 5.74) is 0. The number of hydrogen-bond acceptors (Lipinski definition) is 4. The molecule has 118 valence electrons. The molecule has 1 amide bonds. The van der Waals surface area contributed by atoms with Crippen molar-refractivity contribution in [2.75, 3.05) is 33.2 Å². The van der Waals surface area contributed by atoms with Crippen LogP contribution in [0.1, 0.15) is 26.2 Å². The highest BCUT2D eigenvalue weighted by Gasteiger charge is 2.07. The second-order valence-corrected chi connectivity index (χ2v) is 4.68. The first kappa shape index (κ1) is 18.9. The zero-order valence-corrected chi connectivity index (χ0v) is 12.5. The number of carbonyl (C=O) groups is 3. The van der Waals surface area contributed by atoms with Crippen molar-refractivity contribution in [3.05, 3.63) is 0 Å². The SMILES string of the molecule is CC(=O)N(C)CC#CCN1CCCCC1.O=C(O)C(=O)O. The Morgan fingerprint density at radius 2 is 1.57 bits per heavy atom. The van der Waals surface area contributed by atoms with Crippen molar-refractivity contribution >= 4 is 17.8 Å². The number of amides is 1. The number of carboxylic acids is 2. The van der Waals surface area contributed by atoms with E-state index in [1.807, 2.05) is 0 Å². The summed E-state index contributed by atoms with van der Waals surface area (Å²) in [5.74, 6) is 2.57. The molecule has 0 atom stereocenters. The topological polar surface area (TPSA) is 98.2 Å². The normalized spacial score (nSPS) is 14.0. The molecule has 0 aromatic rings. The summed E-state index contributed by atoms with van der Waals surface area (Å²) < 4.78 is 0. The molecule has 0 aromatic heterocycles. The quantitative estimate of drug-likeness (QED) is 0.554. The fraction of sp³-hybridized carbons (Fsp3) is 0.643. The first-order valence-electron chi connectivity index (χ1n) is 6.70. The fourth-order valence-electron chi connectivity index (χ4n) is 1.57. The number of likely N-dealkylation sites (tertiary alicyclic amines) is 1. The summed E-state index contributed by atoms with van der Waals surface area (Å²) in [6.45, 7) is 5.32. The van der Waals surface area contributed by atoms with Gasteiger partial charge in [-0.25, -0.2) is 9.59 Å². The minimum Gasteiger partial charge on any atom is -0.473 e. The maximum Gasteiger partial charge on any atom is 0.414 e. The average Bonchev–Trinajstić information content (AvgIpc) is 2.45. The second kappa shape index (κ2) is 10.7. The molecule has 1 rings (SSSR count). The third kappa shape index (κ3) is 10.4. The molecule has 7 nitrogen and oxygen atoms in total. The van der Waals surface area contributed by atoms with E-state index in [9.17, 15) is 4.79 Å². The van der Waals surface area contributed by atoms with Crippen molar-refractivity contribution in [2.24, 2.45) is 0 Å². The molecule has 0 unspecified atom stereocenters. The molecule has 0 bridgehead atoms. The molecule has 7 heteroatoms. The number of piperidine rings is 1. The van der Waals surface area contributed by atoms with Crippen molar-refractivity contribution in [1.29, 1.82) is 0 Å². The predicted octanol–water partition coefficient (Wildman–Crippen LogP) is 0.110. The fourth-order valence-corrected chi connectivity index (χ4v) is 1.57. The van der Waals surface area contributed by atoms with Crippen molar-refractivity contribution < 1.29 is 24.6 Å². The van der Waals surface area contributed by atoms with Gasteiger partial charge >= 0.3 is 11.9 Å². The van der Waals surface area contributed by atoms with Gasteiger partial charge in [-0.1, -0.05) is 18.3 Å². The summed E-state index contributed by atoms with van der Waals surface area (Å²) in [5, 5.41) is 14.8. The van der Waals surface area contributed by atoms with Crippen LogP contribution >= 0.6 is 0 Å². The molecule has 0 aliphatic carbocycles. The maximum atomic E-state index is 10.9. The number of rotatable bonds is 2. The van der Waals surface area contributed by atoms with Gasteiger partial charge < -0.3 is 15.1 Å². The van der Waals surface area contributed by atoms with E-state index in [0.29, 0.717) is 6.54 Å². The van der Waals surface area contributed by atoms with Crippen molar-refractivity contribution in [3.63, 3.8) is 0 Å². The van der Waals surface area contributed by atoms with Crippen LogP contribution in [0.3, 0.4) is 0 Å². The van der Waals surface area contributed by atoms with Crippen LogP contribution < -0.4 is 0 Å². The van der Waals surface area contributed by atoms with E-state index in [1.54, 1.807) is 18.9 Å². The van der Waals surface area contributed by atoms with Crippen molar-refractivity contribution in [2.45, 2.75) is 26.2 Å². The summed E-state index contributed by atoms with van der Waals surface area (Å²) in [4.78, 5) is 33.1. The molecule has 1 aliphatic rings.